The summed E-state index contributed by atoms with van der Waals surface area (Å²) in [6.07, 6.45) is 3.87. The van der Waals surface area contributed by atoms with Crippen LogP contribution in [0.4, 0.5) is 0 Å². The highest BCUT2D eigenvalue weighted by Crippen LogP contribution is 2.33. The molecule has 0 saturated heterocycles. The second kappa shape index (κ2) is 5.81. The number of carbonyl (C=O) groups is 1. The summed E-state index contributed by atoms with van der Waals surface area (Å²) in [7, 11) is 0. The van der Waals surface area contributed by atoms with Crippen LogP contribution in [0.15, 0.2) is 5.38 Å². The molecule has 1 aliphatic carbocycles. The Labute approximate surface area is 123 Å². The molecule has 0 spiro atoms. The van der Waals surface area contributed by atoms with E-state index in [0.717, 1.165) is 31.2 Å². The van der Waals surface area contributed by atoms with Crippen molar-refractivity contribution in [2.45, 2.75) is 45.1 Å². The van der Waals surface area contributed by atoms with Gasteiger partial charge in [0.25, 0.3) is 5.91 Å². The lowest BCUT2D eigenvalue weighted by Gasteiger charge is -2.39. The van der Waals surface area contributed by atoms with Gasteiger partial charge in [-0.3, -0.25) is 4.79 Å². The molecule has 0 aliphatic heterocycles. The number of rotatable bonds is 3. The summed E-state index contributed by atoms with van der Waals surface area (Å²) in [6.45, 7) is 4.04. The van der Waals surface area contributed by atoms with Crippen LogP contribution in [0.25, 0.3) is 0 Å². The molecule has 2 unspecified atom stereocenters. The third-order valence-electron chi connectivity index (χ3n) is 3.88. The molecule has 1 aromatic heterocycles. The van der Waals surface area contributed by atoms with E-state index in [9.17, 15) is 9.90 Å². The van der Waals surface area contributed by atoms with Crippen molar-refractivity contribution in [1.29, 1.82) is 0 Å². The number of hydrogen-bond donors (Lipinski definition) is 2. The second-order valence-electron chi connectivity index (χ2n) is 5.66. The summed E-state index contributed by atoms with van der Waals surface area (Å²) >= 11 is 7.48. The molecule has 19 heavy (non-hydrogen) atoms. The summed E-state index contributed by atoms with van der Waals surface area (Å²) in [5, 5.41) is 15.1. The largest absolute Gasteiger partial charge is 0.394 e. The van der Waals surface area contributed by atoms with Crippen LogP contribution in [0.3, 0.4) is 0 Å². The highest BCUT2D eigenvalue weighted by atomic mass is 35.5. The number of aliphatic hydroxyl groups excluding tert-OH is 1. The van der Waals surface area contributed by atoms with Gasteiger partial charge in [-0.25, -0.2) is 0 Å². The number of carbonyl (C=O) groups excluding carboxylic acids is 1. The van der Waals surface area contributed by atoms with Gasteiger partial charge in [-0.15, -0.1) is 11.3 Å². The zero-order valence-electron chi connectivity index (χ0n) is 11.3. The molecule has 3 nitrogen and oxygen atoms in total. The molecule has 2 N–H and O–H groups in total. The molecule has 1 saturated carbocycles. The first-order valence-electron chi connectivity index (χ1n) is 6.64. The van der Waals surface area contributed by atoms with Gasteiger partial charge in [0.1, 0.15) is 4.88 Å². The molecular formula is C14H20ClNO2S. The highest BCUT2D eigenvalue weighted by molar-refractivity contribution is 7.13. The maximum absolute atomic E-state index is 12.3. The average molecular weight is 302 g/mol. The first-order chi connectivity index (χ1) is 8.97. The number of halogens is 1. The van der Waals surface area contributed by atoms with Crippen LogP contribution < -0.4 is 5.32 Å². The van der Waals surface area contributed by atoms with Crippen LogP contribution in [0.2, 0.25) is 5.02 Å². The van der Waals surface area contributed by atoms with Crippen LogP contribution in [0.1, 0.15) is 47.8 Å². The molecule has 1 fully saturated rings. The Morgan fingerprint density at radius 1 is 1.68 bits per heavy atom. The summed E-state index contributed by atoms with van der Waals surface area (Å²) in [6, 6.07) is 0. The Morgan fingerprint density at radius 3 is 2.95 bits per heavy atom. The normalized spacial score (nSPS) is 27.3. The van der Waals surface area contributed by atoms with Gasteiger partial charge in [0, 0.05) is 0 Å². The van der Waals surface area contributed by atoms with E-state index in [2.05, 4.69) is 12.2 Å². The van der Waals surface area contributed by atoms with E-state index in [-0.39, 0.29) is 12.5 Å². The summed E-state index contributed by atoms with van der Waals surface area (Å²) in [4.78, 5) is 12.9. The Morgan fingerprint density at radius 2 is 2.42 bits per heavy atom. The Balaban J connectivity index is 2.14. The number of thiophene rings is 1. The van der Waals surface area contributed by atoms with Crippen LogP contribution >= 0.6 is 22.9 Å². The molecule has 1 amide bonds. The summed E-state index contributed by atoms with van der Waals surface area (Å²) < 4.78 is 0. The number of hydrogen-bond acceptors (Lipinski definition) is 3. The van der Waals surface area contributed by atoms with E-state index in [4.69, 9.17) is 11.6 Å². The first-order valence-corrected chi connectivity index (χ1v) is 7.90. The van der Waals surface area contributed by atoms with Gasteiger partial charge in [0.05, 0.1) is 17.2 Å². The van der Waals surface area contributed by atoms with E-state index >= 15 is 0 Å². The minimum Gasteiger partial charge on any atom is -0.394 e. The minimum atomic E-state index is -0.476. The molecule has 0 aromatic carbocycles. The maximum Gasteiger partial charge on any atom is 0.263 e. The topological polar surface area (TPSA) is 49.3 Å². The fraction of sp³-hybridized carbons (Fsp3) is 0.643. The third kappa shape index (κ3) is 3.12. The smallest absolute Gasteiger partial charge is 0.263 e. The standard InChI is InChI=1S/C14H20ClNO2S/c1-9-4-3-5-14(6-9,8-17)16-13(18)12-11(15)10(2)7-19-12/h7,9,17H,3-6,8H2,1-2H3,(H,16,18). The van der Waals surface area contributed by atoms with Crippen LogP contribution in [0, 0.1) is 12.8 Å². The molecule has 1 heterocycles. The quantitative estimate of drug-likeness (QED) is 0.899. The van der Waals surface area contributed by atoms with Crippen LogP contribution in [-0.2, 0) is 0 Å². The van der Waals surface area contributed by atoms with Crippen molar-refractivity contribution in [3.63, 3.8) is 0 Å². The van der Waals surface area contributed by atoms with E-state index in [1.54, 1.807) is 0 Å². The molecule has 1 aromatic rings. The number of nitrogens with one attached hydrogen (secondary N) is 1. The van der Waals surface area contributed by atoms with Crippen molar-refractivity contribution < 1.29 is 9.90 Å². The predicted octanol–water partition coefficient (Wildman–Crippen LogP) is 3.38. The zero-order valence-corrected chi connectivity index (χ0v) is 12.9. The average Bonchev–Trinajstić information content (AvgIpc) is 2.70. The van der Waals surface area contributed by atoms with Gasteiger partial charge in [-0.05, 0) is 36.6 Å². The van der Waals surface area contributed by atoms with Gasteiger partial charge in [0.2, 0.25) is 0 Å². The molecule has 0 radical (unpaired) electrons. The zero-order chi connectivity index (χ0) is 14.0. The van der Waals surface area contributed by atoms with Gasteiger partial charge < -0.3 is 10.4 Å². The van der Waals surface area contributed by atoms with Gasteiger partial charge in [-0.1, -0.05) is 31.4 Å². The molecular weight excluding hydrogens is 282 g/mol. The fourth-order valence-corrected chi connectivity index (χ4v) is 4.01. The van der Waals surface area contributed by atoms with Crippen LogP contribution in [-0.4, -0.2) is 23.2 Å². The summed E-state index contributed by atoms with van der Waals surface area (Å²) in [5.74, 6) is 0.369. The number of amides is 1. The lowest BCUT2D eigenvalue weighted by Crippen LogP contribution is -2.53. The Bertz CT molecular complexity index is 474. The van der Waals surface area contributed by atoms with E-state index in [1.807, 2.05) is 12.3 Å². The van der Waals surface area contributed by atoms with Gasteiger partial charge in [0.15, 0.2) is 0 Å². The number of aliphatic hydroxyl groups is 1. The fourth-order valence-electron chi connectivity index (χ4n) is 2.84. The Hall–Kier alpha value is -0.580. The van der Waals surface area contributed by atoms with E-state index in [0.29, 0.717) is 15.8 Å². The van der Waals surface area contributed by atoms with E-state index < -0.39 is 5.54 Å². The maximum atomic E-state index is 12.3. The van der Waals surface area contributed by atoms with Crippen molar-refractivity contribution in [3.05, 3.63) is 20.8 Å². The van der Waals surface area contributed by atoms with Crippen molar-refractivity contribution in [2.75, 3.05) is 6.61 Å². The predicted molar refractivity (Wildman–Crippen MR) is 79.0 cm³/mol. The lowest BCUT2D eigenvalue weighted by atomic mass is 9.77. The second-order valence-corrected chi connectivity index (χ2v) is 6.91. The van der Waals surface area contributed by atoms with E-state index in [1.165, 1.54) is 11.3 Å². The van der Waals surface area contributed by atoms with Crippen molar-refractivity contribution in [2.24, 2.45) is 5.92 Å². The monoisotopic (exact) mass is 301 g/mol. The van der Waals surface area contributed by atoms with Gasteiger partial charge >= 0.3 is 0 Å². The molecule has 5 heteroatoms. The van der Waals surface area contributed by atoms with Gasteiger partial charge in [-0.2, -0.15) is 0 Å². The van der Waals surface area contributed by atoms with Crippen molar-refractivity contribution in [1.82, 2.24) is 5.32 Å². The molecule has 106 valence electrons. The SMILES string of the molecule is Cc1csc(C(=O)NC2(CO)CCCC(C)C2)c1Cl. The highest BCUT2D eigenvalue weighted by Gasteiger charge is 2.36. The van der Waals surface area contributed by atoms with Crippen molar-refractivity contribution in [3.8, 4) is 0 Å². The summed E-state index contributed by atoms with van der Waals surface area (Å²) in [5.41, 5.74) is 0.447. The molecule has 2 atom stereocenters. The minimum absolute atomic E-state index is 0.00887. The Kier molecular flexibility index (Phi) is 4.54. The molecule has 2 rings (SSSR count). The third-order valence-corrected chi connectivity index (χ3v) is 5.57. The number of aryl methyl sites for hydroxylation is 1. The molecule has 0 bridgehead atoms. The first kappa shape index (κ1) is 14.8. The molecule has 1 aliphatic rings. The van der Waals surface area contributed by atoms with Crippen molar-refractivity contribution >= 4 is 28.8 Å². The lowest BCUT2D eigenvalue weighted by molar-refractivity contribution is 0.0700. The van der Waals surface area contributed by atoms with Crippen LogP contribution in [0.5, 0.6) is 0 Å².